The Labute approximate surface area is 123 Å². The molecule has 0 aromatic heterocycles. The smallest absolute Gasteiger partial charge is 0.310 e. The quantitative estimate of drug-likeness (QED) is 0.620. The zero-order chi connectivity index (χ0) is 15.4. The highest BCUT2D eigenvalue weighted by atomic mass is 16.5. The van der Waals surface area contributed by atoms with E-state index in [-0.39, 0.29) is 11.9 Å². The van der Waals surface area contributed by atoms with Crippen LogP contribution >= 0.6 is 0 Å². The Balaban J connectivity index is 2.11. The van der Waals surface area contributed by atoms with Gasteiger partial charge in [0.25, 0.3) is 10.9 Å². The van der Waals surface area contributed by atoms with Gasteiger partial charge >= 0.3 is 5.97 Å². The zero-order valence-electron chi connectivity index (χ0n) is 12.6. The summed E-state index contributed by atoms with van der Waals surface area (Å²) >= 11 is 0. The molecule has 1 N–H and O–H groups in total. The first kappa shape index (κ1) is 15.5. The molecule has 2 rings (SSSR count). The van der Waals surface area contributed by atoms with Crippen LogP contribution in [0.25, 0.3) is 0 Å². The molecule has 0 amide bonds. The highest BCUT2D eigenvalue weighted by Crippen LogP contribution is 2.26. The predicted molar refractivity (Wildman–Crippen MR) is 81.7 cm³/mol. The van der Waals surface area contributed by atoms with Crippen LogP contribution < -0.4 is 21.1 Å². The van der Waals surface area contributed by atoms with Crippen molar-refractivity contribution in [2.75, 3.05) is 36.5 Å². The fourth-order valence-electron chi connectivity index (χ4n) is 2.73. The third-order valence-electron chi connectivity index (χ3n) is 3.79. The fraction of sp³-hybridized carbons (Fsp3) is 0.667. The Hall–Kier alpha value is -1.85. The Bertz CT molecular complexity index is 574. The normalized spacial score (nSPS) is 18.8. The molecule has 1 saturated heterocycles. The number of hydrogen-bond donors (Lipinski definition) is 1. The minimum absolute atomic E-state index is 0.219. The monoisotopic (exact) mass is 294 g/mol. The van der Waals surface area contributed by atoms with E-state index in [2.05, 4.69) is 5.32 Å². The van der Waals surface area contributed by atoms with E-state index in [1.54, 1.807) is 6.92 Å². The maximum absolute atomic E-state index is 11.8. The Morgan fingerprint density at radius 1 is 1.33 bits per heavy atom. The molecule has 116 valence electrons. The van der Waals surface area contributed by atoms with Gasteiger partial charge in [-0.05, 0) is 26.2 Å². The highest BCUT2D eigenvalue weighted by Gasteiger charge is 2.32. The van der Waals surface area contributed by atoms with Gasteiger partial charge in [0.15, 0.2) is 0 Å². The predicted octanol–water partition coefficient (Wildman–Crippen LogP) is 0.884. The molecule has 0 spiro atoms. The van der Waals surface area contributed by atoms with Gasteiger partial charge in [0.2, 0.25) is 0 Å². The minimum Gasteiger partial charge on any atom is -0.466 e. The fourth-order valence-corrected chi connectivity index (χ4v) is 2.73. The second kappa shape index (κ2) is 6.74. The molecule has 6 nitrogen and oxygen atoms in total. The van der Waals surface area contributed by atoms with Crippen LogP contribution in [0.4, 0.5) is 11.4 Å². The number of esters is 1. The number of nitrogens with one attached hydrogen (secondary N) is 1. The third-order valence-corrected chi connectivity index (χ3v) is 3.79. The van der Waals surface area contributed by atoms with Crippen LogP contribution in [-0.4, -0.2) is 32.2 Å². The molecular formula is C15H22N2O4. The molecule has 0 saturated carbocycles. The molecule has 21 heavy (non-hydrogen) atoms. The molecule has 1 fully saturated rings. The van der Waals surface area contributed by atoms with Gasteiger partial charge in [0, 0.05) is 19.6 Å². The number of ether oxygens (including phenoxy) is 1. The van der Waals surface area contributed by atoms with Crippen molar-refractivity contribution in [3.63, 3.8) is 0 Å². The van der Waals surface area contributed by atoms with E-state index in [1.807, 2.05) is 11.8 Å². The number of nitrogens with zero attached hydrogens (tertiary/aromatic N) is 1. The minimum atomic E-state index is -0.447. The molecule has 1 aromatic carbocycles. The second-order valence-corrected chi connectivity index (χ2v) is 5.35. The Morgan fingerprint density at radius 3 is 2.76 bits per heavy atom. The van der Waals surface area contributed by atoms with Crippen molar-refractivity contribution in [2.45, 2.75) is 33.1 Å². The van der Waals surface area contributed by atoms with Gasteiger partial charge in [-0.1, -0.05) is 6.92 Å². The van der Waals surface area contributed by atoms with Crippen molar-refractivity contribution < 1.29 is 9.53 Å². The largest absolute Gasteiger partial charge is 0.466 e. The zero-order valence-corrected chi connectivity index (χ0v) is 12.6. The first-order valence-corrected chi connectivity index (χ1v) is 7.58. The topological polar surface area (TPSA) is 75.7 Å². The van der Waals surface area contributed by atoms with Crippen LogP contribution in [0.15, 0.2) is 9.59 Å². The van der Waals surface area contributed by atoms with Crippen molar-refractivity contribution in [1.29, 1.82) is 0 Å². The molecule has 1 aliphatic heterocycles. The van der Waals surface area contributed by atoms with Crippen LogP contribution in [0.3, 0.4) is 0 Å². The van der Waals surface area contributed by atoms with Crippen molar-refractivity contribution in [1.82, 2.24) is 0 Å². The van der Waals surface area contributed by atoms with Gasteiger partial charge in [0.1, 0.15) is 11.4 Å². The summed E-state index contributed by atoms with van der Waals surface area (Å²) in [6, 6.07) is 0. The summed E-state index contributed by atoms with van der Waals surface area (Å²) in [7, 11) is 0. The summed E-state index contributed by atoms with van der Waals surface area (Å²) in [5.41, 5.74) is -0.0383. The van der Waals surface area contributed by atoms with Crippen molar-refractivity contribution in [3.05, 3.63) is 20.4 Å². The lowest BCUT2D eigenvalue weighted by Crippen LogP contribution is -2.47. The molecule has 1 atom stereocenters. The number of carbonyl (C=O) groups is 1. The van der Waals surface area contributed by atoms with Gasteiger partial charge in [-0.2, -0.15) is 0 Å². The van der Waals surface area contributed by atoms with E-state index in [9.17, 15) is 14.4 Å². The number of anilines is 2. The van der Waals surface area contributed by atoms with E-state index in [1.165, 1.54) is 0 Å². The van der Waals surface area contributed by atoms with Crippen molar-refractivity contribution in [3.8, 4) is 0 Å². The van der Waals surface area contributed by atoms with E-state index < -0.39 is 10.9 Å². The van der Waals surface area contributed by atoms with Crippen LogP contribution in [0.1, 0.15) is 33.1 Å². The van der Waals surface area contributed by atoms with Gasteiger partial charge in [-0.25, -0.2) is 0 Å². The lowest BCUT2D eigenvalue weighted by molar-refractivity contribution is -0.148. The van der Waals surface area contributed by atoms with Crippen LogP contribution in [0.5, 0.6) is 0 Å². The van der Waals surface area contributed by atoms with E-state index in [4.69, 9.17) is 4.74 Å². The van der Waals surface area contributed by atoms with Crippen LogP contribution in [0, 0.1) is 5.92 Å². The van der Waals surface area contributed by atoms with Gasteiger partial charge in [-0.15, -0.1) is 0 Å². The SMILES string of the molecule is CCCNc1c(N2CCC[C@@H](C(=O)OCC)C2)c(=O)c1=O. The van der Waals surface area contributed by atoms with Crippen molar-refractivity contribution >= 4 is 17.3 Å². The number of rotatable bonds is 6. The first-order valence-electron chi connectivity index (χ1n) is 7.58. The molecule has 1 aliphatic rings. The molecule has 0 unspecified atom stereocenters. The summed E-state index contributed by atoms with van der Waals surface area (Å²) in [6.07, 6.45) is 2.46. The molecule has 0 radical (unpaired) electrons. The number of carbonyl (C=O) groups excluding carboxylic acids is 1. The van der Waals surface area contributed by atoms with E-state index in [0.717, 1.165) is 19.3 Å². The average Bonchev–Trinajstić information content (AvgIpc) is 2.50. The molecule has 1 heterocycles. The lowest BCUT2D eigenvalue weighted by Gasteiger charge is -2.34. The summed E-state index contributed by atoms with van der Waals surface area (Å²) in [5, 5.41) is 3.02. The average molecular weight is 294 g/mol. The lowest BCUT2D eigenvalue weighted by atomic mass is 9.96. The molecule has 6 heteroatoms. The van der Waals surface area contributed by atoms with Gasteiger partial charge in [0.05, 0.1) is 12.5 Å². The maximum Gasteiger partial charge on any atom is 0.310 e. The third kappa shape index (κ3) is 3.09. The van der Waals surface area contributed by atoms with Gasteiger partial charge in [-0.3, -0.25) is 14.4 Å². The second-order valence-electron chi connectivity index (χ2n) is 5.35. The van der Waals surface area contributed by atoms with Gasteiger partial charge < -0.3 is 15.0 Å². The molecule has 1 aromatic rings. The summed E-state index contributed by atoms with van der Waals surface area (Å²) in [5.74, 6) is -0.439. The van der Waals surface area contributed by atoms with E-state index >= 15 is 0 Å². The van der Waals surface area contributed by atoms with Crippen LogP contribution in [0.2, 0.25) is 0 Å². The number of piperidine rings is 1. The number of hydrogen-bond acceptors (Lipinski definition) is 6. The van der Waals surface area contributed by atoms with Crippen molar-refractivity contribution in [2.24, 2.45) is 5.92 Å². The summed E-state index contributed by atoms with van der Waals surface area (Å²) < 4.78 is 5.05. The Kier molecular flexibility index (Phi) is 4.98. The first-order chi connectivity index (χ1) is 10.1. The molecular weight excluding hydrogens is 272 g/mol. The molecule has 0 aliphatic carbocycles. The highest BCUT2D eigenvalue weighted by molar-refractivity contribution is 5.78. The maximum atomic E-state index is 11.8. The summed E-state index contributed by atoms with van der Waals surface area (Å²) in [6.45, 7) is 5.94. The van der Waals surface area contributed by atoms with Crippen LogP contribution in [-0.2, 0) is 9.53 Å². The molecule has 0 bridgehead atoms. The Morgan fingerprint density at radius 2 is 2.10 bits per heavy atom. The standard InChI is InChI=1S/C15H22N2O4/c1-3-7-16-11-12(14(19)13(11)18)17-8-5-6-10(9-17)15(20)21-4-2/h10,16H,3-9H2,1-2H3/t10-/m1/s1. The summed E-state index contributed by atoms with van der Waals surface area (Å²) in [4.78, 5) is 37.2. The van der Waals surface area contributed by atoms with E-state index in [0.29, 0.717) is 37.6 Å².